The minimum atomic E-state index is -4.29. The van der Waals surface area contributed by atoms with Gasteiger partial charge in [-0.1, -0.05) is 18.2 Å². The normalized spacial score (nSPS) is 24.0. The Labute approximate surface area is 99.3 Å². The van der Waals surface area contributed by atoms with E-state index in [-0.39, 0.29) is 17.7 Å². The van der Waals surface area contributed by atoms with Gasteiger partial charge < -0.3 is 10.8 Å². The van der Waals surface area contributed by atoms with E-state index in [1.54, 1.807) is 6.07 Å². The molecule has 1 atom stereocenters. The molecular weight excluding hydrogens is 242 g/mol. The van der Waals surface area contributed by atoms with Crippen molar-refractivity contribution in [3.05, 3.63) is 35.4 Å². The zero-order chi connectivity index (χ0) is 12.8. The third kappa shape index (κ3) is 1.60. The van der Waals surface area contributed by atoms with E-state index in [1.165, 1.54) is 25.1 Å². The van der Waals surface area contributed by atoms with Crippen molar-refractivity contribution in [2.75, 3.05) is 0 Å². The molecule has 0 fully saturated rings. The summed E-state index contributed by atoms with van der Waals surface area (Å²) in [5.41, 5.74) is 6.65. The summed E-state index contributed by atoms with van der Waals surface area (Å²) in [4.78, 5) is 0. The number of nitrogens with two attached hydrogens (primary N) is 1. The Morgan fingerprint density at radius 2 is 2.06 bits per heavy atom. The molecule has 1 aliphatic rings. The summed E-state index contributed by atoms with van der Waals surface area (Å²) in [7, 11) is -4.29. The van der Waals surface area contributed by atoms with Crippen LogP contribution in [0.4, 0.5) is 0 Å². The quantitative estimate of drug-likeness (QED) is 0.654. The Morgan fingerprint density at radius 3 is 2.65 bits per heavy atom. The van der Waals surface area contributed by atoms with E-state index >= 15 is 0 Å². The van der Waals surface area contributed by atoms with Gasteiger partial charge in [0.25, 0.3) is 10.1 Å². The van der Waals surface area contributed by atoms with Crippen LogP contribution in [0.2, 0.25) is 0 Å². The molecule has 6 heteroatoms. The molecule has 0 amide bonds. The van der Waals surface area contributed by atoms with Gasteiger partial charge in [-0.05, 0) is 25.0 Å². The molecule has 17 heavy (non-hydrogen) atoms. The van der Waals surface area contributed by atoms with Crippen molar-refractivity contribution in [3.63, 3.8) is 0 Å². The molecule has 0 aliphatic heterocycles. The molecule has 0 aromatic heterocycles. The topological polar surface area (TPSA) is 101 Å². The zero-order valence-electron chi connectivity index (χ0n) is 9.21. The summed E-state index contributed by atoms with van der Waals surface area (Å²) < 4.78 is 30.9. The number of phenolic OH excluding ortho intramolecular Hbond substituents is 1. The first-order valence-electron chi connectivity index (χ1n) is 5.03. The summed E-state index contributed by atoms with van der Waals surface area (Å²) in [6.07, 6.45) is 1.57. The highest BCUT2D eigenvalue weighted by atomic mass is 32.2. The van der Waals surface area contributed by atoms with Crippen LogP contribution >= 0.6 is 0 Å². The van der Waals surface area contributed by atoms with Crippen LogP contribution in [0.15, 0.2) is 24.3 Å². The molecule has 5 nitrogen and oxygen atoms in total. The first kappa shape index (κ1) is 11.9. The fraction of sp³-hybridized carbons (Fsp3) is 0.273. The van der Waals surface area contributed by atoms with E-state index in [1.807, 2.05) is 0 Å². The first-order chi connectivity index (χ1) is 7.77. The third-order valence-corrected chi connectivity index (χ3v) is 4.71. The van der Waals surface area contributed by atoms with E-state index in [0.717, 1.165) is 0 Å². The molecule has 1 aromatic rings. The average molecular weight is 255 g/mol. The van der Waals surface area contributed by atoms with Gasteiger partial charge >= 0.3 is 0 Å². The van der Waals surface area contributed by atoms with Gasteiger partial charge in [-0.2, -0.15) is 8.42 Å². The zero-order valence-corrected chi connectivity index (χ0v) is 10.0. The summed E-state index contributed by atoms with van der Waals surface area (Å²) in [6, 6.07) is 4.49. The van der Waals surface area contributed by atoms with Crippen molar-refractivity contribution in [3.8, 4) is 5.75 Å². The molecule has 1 aliphatic carbocycles. The van der Waals surface area contributed by atoms with Gasteiger partial charge in [0, 0.05) is 11.3 Å². The van der Waals surface area contributed by atoms with E-state index in [0.29, 0.717) is 11.3 Å². The Hall–Kier alpha value is -1.53. The average Bonchev–Trinajstić information content (AvgIpc) is 2.22. The molecule has 0 saturated heterocycles. The third-order valence-electron chi connectivity index (χ3n) is 3.18. The fourth-order valence-electron chi connectivity index (χ4n) is 2.05. The van der Waals surface area contributed by atoms with E-state index in [4.69, 9.17) is 5.73 Å². The van der Waals surface area contributed by atoms with Gasteiger partial charge in [0.15, 0.2) is 0 Å². The van der Waals surface area contributed by atoms with Crippen molar-refractivity contribution in [2.45, 2.75) is 18.1 Å². The van der Waals surface area contributed by atoms with E-state index < -0.39 is 14.9 Å². The summed E-state index contributed by atoms with van der Waals surface area (Å²) in [5.74, 6) is -0.0918. The highest BCUT2D eigenvalue weighted by Gasteiger charge is 2.43. The lowest BCUT2D eigenvalue weighted by atomic mass is 9.85. The fourth-order valence-corrected chi connectivity index (χ4v) is 2.79. The van der Waals surface area contributed by atoms with Crippen molar-refractivity contribution >= 4 is 15.8 Å². The van der Waals surface area contributed by atoms with Crippen LogP contribution in [0.25, 0.3) is 5.70 Å². The van der Waals surface area contributed by atoms with Gasteiger partial charge in [0.1, 0.15) is 10.5 Å². The molecule has 4 N–H and O–H groups in total. The number of hydrogen-bond donors (Lipinski definition) is 3. The molecule has 2 rings (SSSR count). The predicted molar refractivity (Wildman–Crippen MR) is 63.8 cm³/mol. The van der Waals surface area contributed by atoms with Crippen LogP contribution in [0.1, 0.15) is 24.5 Å². The van der Waals surface area contributed by atoms with Gasteiger partial charge in [-0.3, -0.25) is 4.55 Å². The van der Waals surface area contributed by atoms with E-state index in [2.05, 4.69) is 0 Å². The van der Waals surface area contributed by atoms with Crippen molar-refractivity contribution in [1.82, 2.24) is 0 Å². The number of benzene rings is 1. The summed E-state index contributed by atoms with van der Waals surface area (Å²) in [5, 5.41) is 9.73. The number of fused-ring (bicyclic) bond motifs is 1. The molecule has 0 saturated carbocycles. The first-order valence-corrected chi connectivity index (χ1v) is 6.47. The Kier molecular flexibility index (Phi) is 2.44. The minimum Gasteiger partial charge on any atom is -0.507 e. The molecule has 1 unspecified atom stereocenters. The lowest BCUT2D eigenvalue weighted by Gasteiger charge is -2.31. The van der Waals surface area contributed by atoms with Crippen LogP contribution in [0.3, 0.4) is 0 Å². The van der Waals surface area contributed by atoms with Crippen LogP contribution < -0.4 is 5.73 Å². The van der Waals surface area contributed by atoms with Gasteiger partial charge in [-0.15, -0.1) is 0 Å². The van der Waals surface area contributed by atoms with Crippen molar-refractivity contribution < 1.29 is 18.1 Å². The maximum absolute atomic E-state index is 11.5. The number of hydrogen-bond acceptors (Lipinski definition) is 4. The smallest absolute Gasteiger partial charge is 0.274 e. The van der Waals surface area contributed by atoms with Gasteiger partial charge in [-0.25, -0.2) is 0 Å². The predicted octanol–water partition coefficient (Wildman–Crippen LogP) is 1.20. The SMILES string of the molecule is CC1(S(=O)(=O)O)CC=C(N)c2c(O)cccc21. The Bertz CT molecular complexity index is 606. The standard InChI is InChI=1S/C11H13NO4S/c1-11(17(14,15)16)6-5-8(12)10-7(11)3-2-4-9(10)13/h2-5,13H,6,12H2,1H3,(H,14,15,16). The second-order valence-electron chi connectivity index (χ2n) is 4.27. The maximum atomic E-state index is 11.5. The lowest BCUT2D eigenvalue weighted by Crippen LogP contribution is -2.35. The number of aromatic hydroxyl groups is 1. The summed E-state index contributed by atoms with van der Waals surface area (Å²) in [6.45, 7) is 1.41. The second-order valence-corrected chi connectivity index (χ2v) is 6.12. The van der Waals surface area contributed by atoms with Crippen LogP contribution in [-0.4, -0.2) is 18.1 Å². The lowest BCUT2D eigenvalue weighted by molar-refractivity contribution is 0.432. The monoisotopic (exact) mass is 255 g/mol. The Balaban J connectivity index is 2.81. The second kappa shape index (κ2) is 3.48. The van der Waals surface area contributed by atoms with Crippen LogP contribution in [0, 0.1) is 0 Å². The van der Waals surface area contributed by atoms with Crippen molar-refractivity contribution in [2.24, 2.45) is 5.73 Å². The highest BCUT2D eigenvalue weighted by Crippen LogP contribution is 2.43. The maximum Gasteiger partial charge on any atom is 0.274 e. The molecule has 1 aromatic carbocycles. The molecule has 0 spiro atoms. The number of allylic oxidation sites excluding steroid dienone is 1. The highest BCUT2D eigenvalue weighted by molar-refractivity contribution is 7.86. The van der Waals surface area contributed by atoms with Crippen LogP contribution in [0.5, 0.6) is 5.75 Å². The molecule has 0 bridgehead atoms. The number of phenols is 1. The largest absolute Gasteiger partial charge is 0.507 e. The molecule has 0 heterocycles. The van der Waals surface area contributed by atoms with Gasteiger partial charge in [0.2, 0.25) is 0 Å². The molecule has 0 radical (unpaired) electrons. The molecular formula is C11H13NO4S. The Morgan fingerprint density at radius 1 is 1.41 bits per heavy atom. The summed E-state index contributed by atoms with van der Waals surface area (Å²) >= 11 is 0. The molecule has 92 valence electrons. The van der Waals surface area contributed by atoms with Crippen LogP contribution in [-0.2, 0) is 14.9 Å². The minimum absolute atomic E-state index is 0.0775. The number of rotatable bonds is 1. The van der Waals surface area contributed by atoms with E-state index in [9.17, 15) is 18.1 Å². The van der Waals surface area contributed by atoms with Crippen molar-refractivity contribution in [1.29, 1.82) is 0 Å². The van der Waals surface area contributed by atoms with Gasteiger partial charge in [0.05, 0.1) is 0 Å².